The molecule has 1 aliphatic rings. The molecule has 0 saturated carbocycles. The summed E-state index contributed by atoms with van der Waals surface area (Å²) in [6.07, 6.45) is 1.62. The second-order valence-electron chi connectivity index (χ2n) is 4.60. The van der Waals surface area contributed by atoms with E-state index in [1.54, 1.807) is 41.8 Å². The van der Waals surface area contributed by atoms with Crippen LogP contribution in [0, 0.1) is 0 Å². The predicted molar refractivity (Wildman–Crippen MR) is 98.6 cm³/mol. The molecule has 1 aliphatic heterocycles. The summed E-state index contributed by atoms with van der Waals surface area (Å²) in [6, 6.07) is 8.63. The Labute approximate surface area is 151 Å². The van der Waals surface area contributed by atoms with Gasteiger partial charge in [0, 0.05) is 5.56 Å². The summed E-state index contributed by atoms with van der Waals surface area (Å²) in [7, 11) is 1.49. The van der Waals surface area contributed by atoms with Crippen LogP contribution in [0.25, 0.3) is 6.08 Å². The van der Waals surface area contributed by atoms with Gasteiger partial charge in [-0.25, -0.2) is 4.79 Å². The number of esters is 1. The number of thiophene rings is 1. The minimum absolute atomic E-state index is 0.261. The van der Waals surface area contributed by atoms with Crippen LogP contribution in [-0.4, -0.2) is 23.3 Å². The maximum atomic E-state index is 12.3. The van der Waals surface area contributed by atoms with Gasteiger partial charge >= 0.3 is 5.97 Å². The molecule has 0 atom stereocenters. The van der Waals surface area contributed by atoms with Gasteiger partial charge in [0.25, 0.3) is 5.91 Å². The Balaban J connectivity index is 1.98. The molecule has 2 heterocycles. The molecule has 1 aromatic heterocycles. The first-order chi connectivity index (χ1) is 11.6. The molecule has 1 fully saturated rings. The number of amides is 1. The minimum Gasteiger partial charge on any atom is -0.493 e. The number of para-hydroxylation sites is 1. The van der Waals surface area contributed by atoms with E-state index in [-0.39, 0.29) is 11.7 Å². The zero-order chi connectivity index (χ0) is 17.1. The highest BCUT2D eigenvalue weighted by molar-refractivity contribution is 8.26. The second-order valence-corrected chi connectivity index (χ2v) is 7.26. The van der Waals surface area contributed by atoms with Crippen molar-refractivity contribution in [2.24, 2.45) is 0 Å². The number of ether oxygens (including phenoxy) is 2. The van der Waals surface area contributed by atoms with E-state index in [9.17, 15) is 9.59 Å². The fourth-order valence-electron chi connectivity index (χ4n) is 2.02. The van der Waals surface area contributed by atoms with Gasteiger partial charge in [0.15, 0.2) is 11.5 Å². The Bertz CT molecular complexity index is 843. The lowest BCUT2D eigenvalue weighted by molar-refractivity contribution is -0.115. The summed E-state index contributed by atoms with van der Waals surface area (Å²) in [5, 5.41) is 4.34. The number of methoxy groups -OCH3 is 1. The van der Waals surface area contributed by atoms with Crippen molar-refractivity contribution in [3.63, 3.8) is 0 Å². The number of hydrogen-bond acceptors (Lipinski definition) is 7. The second kappa shape index (κ2) is 7.16. The maximum Gasteiger partial charge on any atom is 0.353 e. The molecule has 2 aromatic rings. The topological polar surface area (TPSA) is 64.6 Å². The van der Waals surface area contributed by atoms with Crippen molar-refractivity contribution in [1.82, 2.24) is 5.32 Å². The van der Waals surface area contributed by atoms with Crippen LogP contribution in [0.15, 0.2) is 40.6 Å². The molecule has 1 aromatic carbocycles. The zero-order valence-electron chi connectivity index (χ0n) is 12.4. The number of thiocarbonyl (C=S) groups is 1. The molecular weight excluding hydrogens is 366 g/mol. The smallest absolute Gasteiger partial charge is 0.353 e. The van der Waals surface area contributed by atoms with Crippen LogP contribution >= 0.6 is 35.3 Å². The summed E-state index contributed by atoms with van der Waals surface area (Å²) in [5.41, 5.74) is 0.557. The van der Waals surface area contributed by atoms with Crippen molar-refractivity contribution >= 4 is 57.6 Å². The lowest BCUT2D eigenvalue weighted by atomic mass is 10.1. The van der Waals surface area contributed by atoms with Gasteiger partial charge in [-0.1, -0.05) is 42.2 Å². The number of hydrogen-bond donors (Lipinski definition) is 1. The van der Waals surface area contributed by atoms with E-state index in [1.807, 2.05) is 0 Å². The Hall–Kier alpha value is -2.16. The van der Waals surface area contributed by atoms with Crippen molar-refractivity contribution in [3.8, 4) is 11.5 Å². The van der Waals surface area contributed by atoms with E-state index in [0.717, 1.165) is 11.8 Å². The van der Waals surface area contributed by atoms with Crippen molar-refractivity contribution in [2.75, 3.05) is 7.11 Å². The van der Waals surface area contributed by atoms with E-state index >= 15 is 0 Å². The first-order valence-electron chi connectivity index (χ1n) is 6.76. The summed E-state index contributed by atoms with van der Waals surface area (Å²) in [6.45, 7) is 0. The van der Waals surface area contributed by atoms with Gasteiger partial charge in [-0.15, -0.1) is 11.3 Å². The third kappa shape index (κ3) is 3.50. The summed E-state index contributed by atoms with van der Waals surface area (Å²) >= 11 is 7.42. The average Bonchev–Trinajstić information content (AvgIpc) is 3.19. The third-order valence-electron chi connectivity index (χ3n) is 3.08. The van der Waals surface area contributed by atoms with Gasteiger partial charge in [0.05, 0.1) is 12.0 Å². The van der Waals surface area contributed by atoms with Gasteiger partial charge in [-0.2, -0.15) is 0 Å². The van der Waals surface area contributed by atoms with Gasteiger partial charge < -0.3 is 14.8 Å². The number of benzene rings is 1. The molecule has 0 radical (unpaired) electrons. The van der Waals surface area contributed by atoms with E-state index in [2.05, 4.69) is 5.32 Å². The average molecular weight is 377 g/mol. The Morgan fingerprint density at radius 2 is 2.12 bits per heavy atom. The highest BCUT2D eigenvalue weighted by atomic mass is 32.2. The van der Waals surface area contributed by atoms with Crippen molar-refractivity contribution in [2.45, 2.75) is 0 Å². The molecule has 122 valence electrons. The molecule has 3 rings (SSSR count). The lowest BCUT2D eigenvalue weighted by Crippen LogP contribution is -2.17. The molecule has 8 heteroatoms. The molecule has 24 heavy (non-hydrogen) atoms. The van der Waals surface area contributed by atoms with Gasteiger partial charge in [-0.05, 0) is 23.6 Å². The fraction of sp³-hybridized carbons (Fsp3) is 0.0625. The number of nitrogens with one attached hydrogen (secondary N) is 1. The van der Waals surface area contributed by atoms with E-state index in [1.165, 1.54) is 18.4 Å². The fourth-order valence-corrected chi connectivity index (χ4v) is 3.65. The molecular formula is C16H11NO4S3. The van der Waals surface area contributed by atoms with Crippen LogP contribution in [0.3, 0.4) is 0 Å². The van der Waals surface area contributed by atoms with Crippen molar-refractivity contribution in [3.05, 3.63) is 51.1 Å². The summed E-state index contributed by atoms with van der Waals surface area (Å²) in [4.78, 5) is 25.0. The molecule has 1 amide bonds. The Kier molecular flexibility index (Phi) is 4.98. The highest BCUT2D eigenvalue weighted by Gasteiger charge is 2.24. The zero-order valence-corrected chi connectivity index (χ0v) is 14.8. The van der Waals surface area contributed by atoms with Crippen LogP contribution in [0.2, 0.25) is 0 Å². The molecule has 0 aliphatic carbocycles. The lowest BCUT2D eigenvalue weighted by Gasteiger charge is -2.11. The predicted octanol–water partition coefficient (Wildman–Crippen LogP) is 3.46. The van der Waals surface area contributed by atoms with E-state index < -0.39 is 5.97 Å². The first-order valence-corrected chi connectivity index (χ1v) is 8.86. The number of carbonyl (C=O) groups excluding carboxylic acids is 2. The van der Waals surface area contributed by atoms with Gasteiger partial charge in [0.2, 0.25) is 0 Å². The van der Waals surface area contributed by atoms with Crippen LogP contribution < -0.4 is 14.8 Å². The highest BCUT2D eigenvalue weighted by Crippen LogP contribution is 2.36. The van der Waals surface area contributed by atoms with Crippen molar-refractivity contribution in [1.29, 1.82) is 0 Å². The SMILES string of the molecule is COc1cccc(/C=C2/SC(=S)NC2=O)c1OC(=O)c1cccs1. The van der Waals surface area contributed by atoms with Gasteiger partial charge in [0.1, 0.15) is 9.20 Å². The third-order valence-corrected chi connectivity index (χ3v) is 5.09. The van der Waals surface area contributed by atoms with Crippen LogP contribution in [0.1, 0.15) is 15.2 Å². The van der Waals surface area contributed by atoms with Crippen molar-refractivity contribution < 1.29 is 19.1 Å². The largest absolute Gasteiger partial charge is 0.493 e. The first kappa shape index (κ1) is 16.7. The van der Waals surface area contributed by atoms with E-state index in [4.69, 9.17) is 21.7 Å². The van der Waals surface area contributed by atoms with E-state index in [0.29, 0.717) is 25.4 Å². The molecule has 0 spiro atoms. The standard InChI is InChI=1S/C16H11NO4S3/c1-20-10-5-2-4-9(8-12-14(18)17-16(22)24-12)13(10)21-15(19)11-6-3-7-23-11/h2-8H,1H3,(H,17,18,22)/b12-8+. The number of rotatable bonds is 4. The molecule has 1 saturated heterocycles. The number of carbonyl (C=O) groups is 2. The van der Waals surface area contributed by atoms with Crippen LogP contribution in [-0.2, 0) is 4.79 Å². The molecule has 0 bridgehead atoms. The molecule has 5 nitrogen and oxygen atoms in total. The normalized spacial score (nSPS) is 15.5. The quantitative estimate of drug-likeness (QED) is 0.381. The van der Waals surface area contributed by atoms with Gasteiger partial charge in [-0.3, -0.25) is 4.79 Å². The summed E-state index contributed by atoms with van der Waals surface area (Å²) < 4.78 is 11.2. The Morgan fingerprint density at radius 1 is 1.29 bits per heavy atom. The molecule has 1 N–H and O–H groups in total. The number of thioether (sulfide) groups is 1. The summed E-state index contributed by atoms with van der Waals surface area (Å²) in [5.74, 6) is -0.0890. The Morgan fingerprint density at radius 3 is 2.75 bits per heavy atom. The maximum absolute atomic E-state index is 12.3. The van der Waals surface area contributed by atoms with Crippen LogP contribution in [0.4, 0.5) is 0 Å². The molecule has 0 unspecified atom stereocenters. The van der Waals surface area contributed by atoms with Crippen LogP contribution in [0.5, 0.6) is 11.5 Å². The monoisotopic (exact) mass is 377 g/mol. The minimum atomic E-state index is -0.479.